The normalized spacial score (nSPS) is 11.1. The van der Waals surface area contributed by atoms with E-state index in [9.17, 15) is 4.79 Å². The predicted octanol–water partition coefficient (Wildman–Crippen LogP) is 0.926. The number of fused-ring (bicyclic) bond motifs is 1. The summed E-state index contributed by atoms with van der Waals surface area (Å²) in [6.07, 6.45) is 0. The zero-order valence-corrected chi connectivity index (χ0v) is 11.5. The molecule has 0 saturated heterocycles. The maximum Gasteiger partial charge on any atom is 0.271 e. The lowest BCUT2D eigenvalue weighted by Crippen LogP contribution is -2.14. The second-order valence-corrected chi connectivity index (χ2v) is 5.16. The van der Waals surface area contributed by atoms with Crippen molar-refractivity contribution in [1.29, 1.82) is 0 Å². The second-order valence-electron chi connectivity index (χ2n) is 4.22. The van der Waals surface area contributed by atoms with Crippen LogP contribution in [0.1, 0.15) is 5.69 Å². The summed E-state index contributed by atoms with van der Waals surface area (Å²) in [5.74, 6) is 0.749. The molecule has 0 amide bonds. The van der Waals surface area contributed by atoms with E-state index in [-0.39, 0.29) is 5.56 Å². The number of hydrogen-bond donors (Lipinski definition) is 2. The number of nitrogens with zero attached hydrogens (tertiary/aromatic N) is 4. The Morgan fingerprint density at radius 3 is 2.90 bits per heavy atom. The highest BCUT2D eigenvalue weighted by Gasteiger charge is 2.10. The van der Waals surface area contributed by atoms with Gasteiger partial charge in [-0.1, -0.05) is 23.9 Å². The van der Waals surface area contributed by atoms with Gasteiger partial charge in [-0.3, -0.25) is 9.36 Å². The van der Waals surface area contributed by atoms with Gasteiger partial charge in [-0.2, -0.15) is 0 Å². The summed E-state index contributed by atoms with van der Waals surface area (Å²) in [6.45, 7) is 0. The van der Waals surface area contributed by atoms with Gasteiger partial charge in [0.25, 0.3) is 5.56 Å². The van der Waals surface area contributed by atoms with E-state index >= 15 is 0 Å². The molecule has 3 N–H and O–H groups in total. The Hall–Kier alpha value is -2.35. The molecule has 20 heavy (non-hydrogen) atoms. The molecule has 2 aromatic heterocycles. The molecule has 3 rings (SSSR count). The van der Waals surface area contributed by atoms with Gasteiger partial charge in [0.05, 0.1) is 11.0 Å². The zero-order chi connectivity index (χ0) is 14.1. The number of para-hydroxylation sites is 2. The SMILES string of the molecule is Cn1c(N)nnc1SCc1nc2ccccc2[nH]c1=O. The quantitative estimate of drug-likeness (QED) is 0.695. The smallest absolute Gasteiger partial charge is 0.271 e. The lowest BCUT2D eigenvalue weighted by Gasteiger charge is -2.02. The van der Waals surface area contributed by atoms with E-state index in [2.05, 4.69) is 20.2 Å². The predicted molar refractivity (Wildman–Crippen MR) is 77.3 cm³/mol. The summed E-state index contributed by atoms with van der Waals surface area (Å²) < 4.78 is 1.67. The Labute approximate surface area is 118 Å². The summed E-state index contributed by atoms with van der Waals surface area (Å²) in [7, 11) is 1.77. The van der Waals surface area contributed by atoms with Crippen LogP contribution in [0.5, 0.6) is 0 Å². The van der Waals surface area contributed by atoms with Gasteiger partial charge < -0.3 is 10.7 Å². The van der Waals surface area contributed by atoms with Gasteiger partial charge in [0.2, 0.25) is 5.95 Å². The number of nitrogen functional groups attached to an aromatic ring is 1. The summed E-state index contributed by atoms with van der Waals surface area (Å²) >= 11 is 1.37. The largest absolute Gasteiger partial charge is 0.368 e. The second kappa shape index (κ2) is 4.97. The number of H-pyrrole nitrogens is 1. The van der Waals surface area contributed by atoms with Crippen molar-refractivity contribution in [1.82, 2.24) is 24.7 Å². The van der Waals surface area contributed by atoms with Crippen LogP contribution in [0.3, 0.4) is 0 Å². The van der Waals surface area contributed by atoms with Gasteiger partial charge in [-0.05, 0) is 12.1 Å². The molecule has 0 bridgehead atoms. The van der Waals surface area contributed by atoms with E-state index < -0.39 is 0 Å². The Morgan fingerprint density at radius 1 is 1.35 bits per heavy atom. The van der Waals surface area contributed by atoms with Crippen molar-refractivity contribution in [3.8, 4) is 0 Å². The van der Waals surface area contributed by atoms with Gasteiger partial charge in [0.1, 0.15) is 5.69 Å². The molecule has 0 atom stereocenters. The molecule has 0 aliphatic heterocycles. The van der Waals surface area contributed by atoms with Crippen LogP contribution in [-0.2, 0) is 12.8 Å². The zero-order valence-electron chi connectivity index (χ0n) is 10.7. The van der Waals surface area contributed by atoms with Crippen molar-refractivity contribution >= 4 is 28.7 Å². The van der Waals surface area contributed by atoms with Crippen LogP contribution in [0.25, 0.3) is 11.0 Å². The van der Waals surface area contributed by atoms with E-state index in [1.165, 1.54) is 11.8 Å². The average molecular weight is 288 g/mol. The summed E-state index contributed by atoms with van der Waals surface area (Å²) in [6, 6.07) is 7.43. The summed E-state index contributed by atoms with van der Waals surface area (Å²) in [4.78, 5) is 19.1. The molecule has 0 radical (unpaired) electrons. The standard InChI is InChI=1S/C12H12N6OS/c1-18-11(13)16-17-12(18)20-6-9-10(19)15-8-5-3-2-4-7(8)14-9/h2-5H,6H2,1H3,(H2,13,16)(H,15,19). The molecule has 7 nitrogen and oxygen atoms in total. The lowest BCUT2D eigenvalue weighted by molar-refractivity contribution is 0.795. The molecule has 102 valence electrons. The fourth-order valence-electron chi connectivity index (χ4n) is 1.75. The summed E-state index contributed by atoms with van der Waals surface area (Å²) in [5, 5.41) is 8.35. The third kappa shape index (κ3) is 2.25. The highest BCUT2D eigenvalue weighted by Crippen LogP contribution is 2.19. The monoisotopic (exact) mass is 288 g/mol. The number of aromatic amines is 1. The van der Waals surface area contributed by atoms with Crippen molar-refractivity contribution in [2.75, 3.05) is 5.73 Å². The summed E-state index contributed by atoms with van der Waals surface area (Å²) in [5.41, 5.74) is 7.37. The molecule has 3 aromatic rings. The molecule has 0 saturated carbocycles. The fourth-order valence-corrected chi connectivity index (χ4v) is 2.60. The molecule has 0 fully saturated rings. The highest BCUT2D eigenvalue weighted by molar-refractivity contribution is 7.98. The number of nitrogens with two attached hydrogens (primary N) is 1. The molecule has 2 heterocycles. The van der Waals surface area contributed by atoms with Crippen molar-refractivity contribution < 1.29 is 0 Å². The van der Waals surface area contributed by atoms with Gasteiger partial charge in [0.15, 0.2) is 5.16 Å². The molecule has 8 heteroatoms. The fraction of sp³-hybridized carbons (Fsp3) is 0.167. The maximum atomic E-state index is 11.9. The van der Waals surface area contributed by atoms with Crippen LogP contribution in [-0.4, -0.2) is 24.7 Å². The Balaban J connectivity index is 1.89. The van der Waals surface area contributed by atoms with Crippen LogP contribution in [0.15, 0.2) is 34.2 Å². The minimum absolute atomic E-state index is 0.189. The first-order valence-corrected chi connectivity index (χ1v) is 6.89. The van der Waals surface area contributed by atoms with Crippen molar-refractivity contribution in [3.05, 3.63) is 40.3 Å². The van der Waals surface area contributed by atoms with Crippen LogP contribution in [0.4, 0.5) is 5.95 Å². The minimum atomic E-state index is -0.189. The van der Waals surface area contributed by atoms with Crippen LogP contribution in [0.2, 0.25) is 0 Å². The first-order chi connectivity index (χ1) is 9.65. The number of hydrogen-bond acceptors (Lipinski definition) is 6. The third-order valence-corrected chi connectivity index (χ3v) is 3.91. The van der Waals surface area contributed by atoms with Gasteiger partial charge in [-0.25, -0.2) is 4.98 Å². The minimum Gasteiger partial charge on any atom is -0.368 e. The lowest BCUT2D eigenvalue weighted by atomic mass is 10.3. The molecule has 0 aliphatic carbocycles. The van der Waals surface area contributed by atoms with Crippen molar-refractivity contribution in [2.45, 2.75) is 10.9 Å². The van der Waals surface area contributed by atoms with E-state index in [1.807, 2.05) is 24.3 Å². The molecular formula is C12H12N6OS. The molecular weight excluding hydrogens is 276 g/mol. The molecule has 0 aliphatic rings. The van der Waals surface area contributed by atoms with E-state index in [1.54, 1.807) is 11.6 Å². The Kier molecular flexibility index (Phi) is 3.15. The number of aromatic nitrogens is 5. The van der Waals surface area contributed by atoms with E-state index in [0.717, 1.165) is 11.0 Å². The highest BCUT2D eigenvalue weighted by atomic mass is 32.2. The van der Waals surface area contributed by atoms with Crippen molar-refractivity contribution in [2.24, 2.45) is 7.05 Å². The Bertz CT molecular complexity index is 824. The molecule has 0 unspecified atom stereocenters. The third-order valence-electron chi connectivity index (χ3n) is 2.88. The average Bonchev–Trinajstić information content (AvgIpc) is 2.76. The first kappa shape index (κ1) is 12.7. The van der Waals surface area contributed by atoms with Crippen LogP contribution < -0.4 is 11.3 Å². The van der Waals surface area contributed by atoms with Gasteiger partial charge in [-0.15, -0.1) is 10.2 Å². The first-order valence-electron chi connectivity index (χ1n) is 5.91. The molecule has 0 spiro atoms. The number of rotatable bonds is 3. The number of nitrogens with one attached hydrogen (secondary N) is 1. The number of thioether (sulfide) groups is 1. The topological polar surface area (TPSA) is 102 Å². The maximum absolute atomic E-state index is 11.9. The van der Waals surface area contributed by atoms with Crippen LogP contribution >= 0.6 is 11.8 Å². The van der Waals surface area contributed by atoms with Crippen molar-refractivity contribution in [3.63, 3.8) is 0 Å². The van der Waals surface area contributed by atoms with Crippen LogP contribution in [0, 0.1) is 0 Å². The van der Waals surface area contributed by atoms with E-state index in [0.29, 0.717) is 22.6 Å². The number of benzene rings is 1. The number of anilines is 1. The van der Waals surface area contributed by atoms with Gasteiger partial charge in [0, 0.05) is 12.8 Å². The Morgan fingerprint density at radius 2 is 2.15 bits per heavy atom. The van der Waals surface area contributed by atoms with Gasteiger partial charge >= 0.3 is 0 Å². The molecule has 1 aromatic carbocycles. The van der Waals surface area contributed by atoms with E-state index in [4.69, 9.17) is 5.73 Å².